The summed E-state index contributed by atoms with van der Waals surface area (Å²) >= 11 is 0. The minimum absolute atomic E-state index is 0.0698. The number of sulfonamides is 1. The van der Waals surface area contributed by atoms with Crippen molar-refractivity contribution in [1.82, 2.24) is 4.31 Å². The van der Waals surface area contributed by atoms with Crippen LogP contribution in [0.25, 0.3) is 0 Å². The Bertz CT molecular complexity index is 483. The van der Waals surface area contributed by atoms with Crippen molar-refractivity contribution in [1.29, 1.82) is 0 Å². The molecule has 1 aromatic rings. The summed E-state index contributed by atoms with van der Waals surface area (Å²) < 4.78 is 26.1. The van der Waals surface area contributed by atoms with Gasteiger partial charge in [0.05, 0.1) is 5.69 Å². The zero-order valence-corrected chi connectivity index (χ0v) is 11.5. The van der Waals surface area contributed by atoms with E-state index in [4.69, 9.17) is 5.73 Å². The molecule has 0 aliphatic heterocycles. The average Bonchev–Trinajstić information content (AvgIpc) is 2.27. The summed E-state index contributed by atoms with van der Waals surface area (Å²) in [4.78, 5) is 0.176. The Morgan fingerprint density at radius 1 is 1.18 bits per heavy atom. The van der Waals surface area contributed by atoms with Gasteiger partial charge in [-0.15, -0.1) is 0 Å². The minimum atomic E-state index is -3.51. The molecule has 0 aliphatic carbocycles. The van der Waals surface area contributed by atoms with Crippen LogP contribution in [-0.4, -0.2) is 25.8 Å². The summed E-state index contributed by atoms with van der Waals surface area (Å²) in [6.45, 7) is 5.87. The molecule has 0 amide bonds. The van der Waals surface area contributed by atoms with Crippen molar-refractivity contribution in [3.05, 3.63) is 24.3 Å². The number of hydrogen-bond acceptors (Lipinski definition) is 3. The average molecular weight is 256 g/mol. The highest BCUT2D eigenvalue weighted by atomic mass is 32.2. The summed E-state index contributed by atoms with van der Waals surface area (Å²) in [6, 6.07) is 6.46. The standard InChI is InChI=1S/C12H20N2O2S/c1-9(2)10(3)14(4)17(15,16)12-8-6-5-7-11(12)13/h5-10H,13H2,1-4H3. The van der Waals surface area contributed by atoms with Gasteiger partial charge in [0, 0.05) is 13.1 Å². The molecule has 0 fully saturated rings. The fourth-order valence-corrected chi connectivity index (χ4v) is 3.12. The molecule has 0 heterocycles. The quantitative estimate of drug-likeness (QED) is 0.837. The van der Waals surface area contributed by atoms with Crippen molar-refractivity contribution >= 4 is 15.7 Å². The Labute approximate surface area is 103 Å². The normalized spacial score (nSPS) is 14.2. The van der Waals surface area contributed by atoms with Gasteiger partial charge in [0.1, 0.15) is 4.90 Å². The maximum absolute atomic E-state index is 12.3. The summed E-state index contributed by atoms with van der Waals surface area (Å²) in [7, 11) is -1.92. The van der Waals surface area contributed by atoms with Crippen LogP contribution in [0.1, 0.15) is 20.8 Å². The van der Waals surface area contributed by atoms with Crippen molar-refractivity contribution in [2.45, 2.75) is 31.7 Å². The number of hydrogen-bond donors (Lipinski definition) is 1. The Balaban J connectivity index is 3.17. The fraction of sp³-hybridized carbons (Fsp3) is 0.500. The van der Waals surface area contributed by atoms with Crippen LogP contribution in [0, 0.1) is 5.92 Å². The van der Waals surface area contributed by atoms with E-state index in [0.717, 1.165) is 0 Å². The molecular weight excluding hydrogens is 236 g/mol. The molecule has 0 aliphatic rings. The first-order chi connectivity index (χ1) is 7.78. The van der Waals surface area contributed by atoms with Crippen molar-refractivity contribution in [3.8, 4) is 0 Å². The third-order valence-electron chi connectivity index (χ3n) is 3.11. The van der Waals surface area contributed by atoms with Gasteiger partial charge in [0.25, 0.3) is 0 Å². The molecular formula is C12H20N2O2S. The highest BCUT2D eigenvalue weighted by Gasteiger charge is 2.28. The van der Waals surface area contributed by atoms with E-state index in [1.807, 2.05) is 20.8 Å². The lowest BCUT2D eigenvalue weighted by molar-refractivity contribution is 0.316. The lowest BCUT2D eigenvalue weighted by Gasteiger charge is -2.27. The Kier molecular flexibility index (Phi) is 4.16. The van der Waals surface area contributed by atoms with Gasteiger partial charge in [-0.3, -0.25) is 0 Å². The molecule has 0 bridgehead atoms. The number of nitrogens with zero attached hydrogens (tertiary/aromatic N) is 1. The summed E-state index contributed by atoms with van der Waals surface area (Å²) in [6.07, 6.45) is 0. The van der Waals surface area contributed by atoms with Gasteiger partial charge >= 0.3 is 0 Å². The Hall–Kier alpha value is -1.07. The van der Waals surface area contributed by atoms with Gasteiger partial charge in [-0.1, -0.05) is 26.0 Å². The zero-order valence-electron chi connectivity index (χ0n) is 10.7. The number of anilines is 1. The fourth-order valence-electron chi connectivity index (χ4n) is 1.51. The molecule has 1 atom stereocenters. The third-order valence-corrected chi connectivity index (χ3v) is 5.13. The van der Waals surface area contributed by atoms with E-state index in [9.17, 15) is 8.42 Å². The first-order valence-corrected chi connectivity index (χ1v) is 7.05. The van der Waals surface area contributed by atoms with Crippen LogP contribution < -0.4 is 5.73 Å². The predicted octanol–water partition coefficient (Wildman–Crippen LogP) is 1.93. The Morgan fingerprint density at radius 3 is 2.18 bits per heavy atom. The third kappa shape index (κ3) is 2.79. The van der Waals surface area contributed by atoms with E-state index in [2.05, 4.69) is 0 Å². The molecule has 0 saturated heterocycles. The maximum atomic E-state index is 12.3. The van der Waals surface area contributed by atoms with E-state index in [1.165, 1.54) is 10.4 Å². The van der Waals surface area contributed by atoms with Crippen molar-refractivity contribution < 1.29 is 8.42 Å². The molecule has 1 rings (SSSR count). The lowest BCUT2D eigenvalue weighted by Crippen LogP contribution is -2.38. The molecule has 0 aromatic heterocycles. The molecule has 0 saturated carbocycles. The van der Waals surface area contributed by atoms with Crippen LogP contribution in [0.2, 0.25) is 0 Å². The topological polar surface area (TPSA) is 63.4 Å². The number of rotatable bonds is 4. The highest BCUT2D eigenvalue weighted by Crippen LogP contribution is 2.24. The number of nitrogen functional groups attached to an aromatic ring is 1. The van der Waals surface area contributed by atoms with Gasteiger partial charge in [-0.2, -0.15) is 4.31 Å². The molecule has 2 N–H and O–H groups in total. The molecule has 1 unspecified atom stereocenters. The molecule has 17 heavy (non-hydrogen) atoms. The predicted molar refractivity (Wildman–Crippen MR) is 70.1 cm³/mol. The first-order valence-electron chi connectivity index (χ1n) is 5.61. The molecule has 0 radical (unpaired) electrons. The smallest absolute Gasteiger partial charge is 0.245 e. The van der Waals surface area contributed by atoms with E-state index >= 15 is 0 Å². The first kappa shape index (κ1) is 14.0. The summed E-state index contributed by atoms with van der Waals surface area (Å²) in [5, 5.41) is 0. The van der Waals surface area contributed by atoms with Crippen LogP contribution in [0.4, 0.5) is 5.69 Å². The van der Waals surface area contributed by atoms with Gasteiger partial charge in [0.15, 0.2) is 0 Å². The van der Waals surface area contributed by atoms with E-state index in [-0.39, 0.29) is 22.5 Å². The molecule has 1 aromatic carbocycles. The SMILES string of the molecule is CC(C)C(C)N(C)S(=O)(=O)c1ccccc1N. The van der Waals surface area contributed by atoms with E-state index in [0.29, 0.717) is 0 Å². The molecule has 0 spiro atoms. The molecule has 4 nitrogen and oxygen atoms in total. The van der Waals surface area contributed by atoms with Crippen molar-refractivity contribution in [2.24, 2.45) is 5.92 Å². The second kappa shape index (κ2) is 5.06. The van der Waals surface area contributed by atoms with Crippen LogP contribution >= 0.6 is 0 Å². The van der Waals surface area contributed by atoms with Crippen LogP contribution in [0.15, 0.2) is 29.2 Å². The van der Waals surface area contributed by atoms with Gasteiger partial charge in [0.2, 0.25) is 10.0 Å². The zero-order chi connectivity index (χ0) is 13.2. The van der Waals surface area contributed by atoms with E-state index in [1.54, 1.807) is 25.2 Å². The van der Waals surface area contributed by atoms with Gasteiger partial charge in [-0.25, -0.2) is 8.42 Å². The maximum Gasteiger partial charge on any atom is 0.245 e. The van der Waals surface area contributed by atoms with Gasteiger partial charge < -0.3 is 5.73 Å². The summed E-state index contributed by atoms with van der Waals surface area (Å²) in [5.74, 6) is 0.250. The number of nitrogens with two attached hydrogens (primary N) is 1. The number of benzene rings is 1. The van der Waals surface area contributed by atoms with Crippen LogP contribution in [0.3, 0.4) is 0 Å². The van der Waals surface area contributed by atoms with Crippen molar-refractivity contribution in [3.63, 3.8) is 0 Å². The Morgan fingerprint density at radius 2 is 1.71 bits per heavy atom. The number of para-hydroxylation sites is 1. The molecule has 96 valence electrons. The van der Waals surface area contributed by atoms with Crippen LogP contribution in [0.5, 0.6) is 0 Å². The van der Waals surface area contributed by atoms with Crippen LogP contribution in [-0.2, 0) is 10.0 Å². The molecule has 5 heteroatoms. The summed E-state index contributed by atoms with van der Waals surface area (Å²) in [5.41, 5.74) is 6.00. The highest BCUT2D eigenvalue weighted by molar-refractivity contribution is 7.89. The monoisotopic (exact) mass is 256 g/mol. The minimum Gasteiger partial charge on any atom is -0.398 e. The second-order valence-electron chi connectivity index (χ2n) is 4.54. The second-order valence-corrected chi connectivity index (χ2v) is 6.51. The van der Waals surface area contributed by atoms with Crippen molar-refractivity contribution in [2.75, 3.05) is 12.8 Å². The van der Waals surface area contributed by atoms with E-state index < -0.39 is 10.0 Å². The largest absolute Gasteiger partial charge is 0.398 e. The lowest BCUT2D eigenvalue weighted by atomic mass is 10.1. The van der Waals surface area contributed by atoms with Gasteiger partial charge in [-0.05, 0) is 25.0 Å².